The molecule has 0 radical (unpaired) electrons. The number of rotatable bonds is 0. The zero-order valence-electron chi connectivity index (χ0n) is 17.5. The van der Waals surface area contributed by atoms with Gasteiger partial charge in [-0.25, -0.2) is 0 Å². The Morgan fingerprint density at radius 1 is 0.710 bits per heavy atom. The van der Waals surface area contributed by atoms with Gasteiger partial charge in [-0.3, -0.25) is 0 Å². The topological polar surface area (TPSA) is 36.0 Å². The maximum Gasteiger partial charge on any atom is 0.120 e. The summed E-state index contributed by atoms with van der Waals surface area (Å²) in [5.41, 5.74) is 2.95. The van der Waals surface area contributed by atoms with Crippen molar-refractivity contribution in [2.45, 2.75) is 19.4 Å². The SMILES string of the molecule is CC(C)(O)C#Cc1c2ccccc2c(C#Cc2ccc3[nH]ccc3c2)c2ccccc12. The summed E-state index contributed by atoms with van der Waals surface area (Å²) in [4.78, 5) is 3.22. The number of aromatic nitrogens is 1. The van der Waals surface area contributed by atoms with Crippen LogP contribution in [0, 0.1) is 23.7 Å². The Bertz CT molecular complexity index is 1520. The standard InChI is InChI=1S/C29H21NO/c1-29(2,31)17-15-27-24-9-5-3-7-22(24)26(23-8-4-6-10-25(23)27)13-11-20-12-14-28-21(19-20)16-18-30-28/h3-10,12,14,16,18-19,30-31H,1-2H3. The molecule has 2 nitrogen and oxygen atoms in total. The third-order valence-corrected chi connectivity index (χ3v) is 5.31. The second-order valence-corrected chi connectivity index (χ2v) is 8.18. The predicted octanol–water partition coefficient (Wildman–Crippen LogP) is 6.00. The van der Waals surface area contributed by atoms with E-state index in [0.29, 0.717) is 0 Å². The number of aromatic amines is 1. The van der Waals surface area contributed by atoms with Crippen molar-refractivity contribution < 1.29 is 5.11 Å². The molecule has 5 rings (SSSR count). The molecule has 4 aromatic carbocycles. The number of fused-ring (bicyclic) bond motifs is 3. The molecular formula is C29H21NO. The van der Waals surface area contributed by atoms with Crippen LogP contribution in [-0.4, -0.2) is 15.7 Å². The van der Waals surface area contributed by atoms with Crippen molar-refractivity contribution in [2.75, 3.05) is 0 Å². The number of H-pyrrole nitrogens is 1. The average molecular weight is 399 g/mol. The lowest BCUT2D eigenvalue weighted by Gasteiger charge is -2.11. The van der Waals surface area contributed by atoms with Gasteiger partial charge in [0.25, 0.3) is 0 Å². The molecule has 148 valence electrons. The Morgan fingerprint density at radius 2 is 1.29 bits per heavy atom. The van der Waals surface area contributed by atoms with Crippen LogP contribution >= 0.6 is 0 Å². The molecular weight excluding hydrogens is 378 g/mol. The van der Waals surface area contributed by atoms with E-state index in [9.17, 15) is 5.11 Å². The van der Waals surface area contributed by atoms with Crippen molar-refractivity contribution in [1.82, 2.24) is 4.98 Å². The molecule has 0 atom stereocenters. The number of hydrogen-bond acceptors (Lipinski definition) is 1. The summed E-state index contributed by atoms with van der Waals surface area (Å²) < 4.78 is 0. The Kier molecular flexibility index (Phi) is 4.52. The van der Waals surface area contributed by atoms with Crippen molar-refractivity contribution in [3.8, 4) is 23.7 Å². The lowest BCUT2D eigenvalue weighted by molar-refractivity contribution is 0.143. The molecule has 5 aromatic rings. The van der Waals surface area contributed by atoms with Crippen LogP contribution in [0.2, 0.25) is 0 Å². The Balaban J connectivity index is 1.78. The van der Waals surface area contributed by atoms with E-state index in [1.54, 1.807) is 13.8 Å². The fraction of sp³-hybridized carbons (Fsp3) is 0.103. The van der Waals surface area contributed by atoms with Crippen molar-refractivity contribution in [3.63, 3.8) is 0 Å². The van der Waals surface area contributed by atoms with Gasteiger partial charge in [0.1, 0.15) is 5.60 Å². The second kappa shape index (κ2) is 7.37. The molecule has 0 aliphatic heterocycles. The van der Waals surface area contributed by atoms with Crippen LogP contribution in [0.15, 0.2) is 79.0 Å². The molecule has 31 heavy (non-hydrogen) atoms. The summed E-state index contributed by atoms with van der Waals surface area (Å²) in [6, 6.07) is 24.7. The quantitative estimate of drug-likeness (QED) is 0.243. The summed E-state index contributed by atoms with van der Waals surface area (Å²) >= 11 is 0. The van der Waals surface area contributed by atoms with Crippen LogP contribution in [-0.2, 0) is 0 Å². The van der Waals surface area contributed by atoms with Gasteiger partial charge in [0.15, 0.2) is 0 Å². The summed E-state index contributed by atoms with van der Waals surface area (Å²) in [6.45, 7) is 3.40. The first-order valence-corrected chi connectivity index (χ1v) is 10.3. The van der Waals surface area contributed by atoms with Crippen molar-refractivity contribution in [3.05, 3.63) is 95.7 Å². The predicted molar refractivity (Wildman–Crippen MR) is 129 cm³/mol. The van der Waals surface area contributed by atoms with Gasteiger partial charge in [0, 0.05) is 33.8 Å². The van der Waals surface area contributed by atoms with Gasteiger partial charge in [-0.2, -0.15) is 0 Å². The van der Waals surface area contributed by atoms with Crippen LogP contribution in [0.3, 0.4) is 0 Å². The summed E-state index contributed by atoms with van der Waals surface area (Å²) in [5.74, 6) is 13.0. The number of aliphatic hydroxyl groups is 1. The fourth-order valence-electron chi connectivity index (χ4n) is 3.88. The molecule has 0 bridgehead atoms. The normalized spacial score (nSPS) is 11.2. The van der Waals surface area contributed by atoms with E-state index in [1.807, 2.05) is 36.5 Å². The van der Waals surface area contributed by atoms with Gasteiger partial charge in [-0.1, -0.05) is 72.2 Å². The average Bonchev–Trinajstić information content (AvgIpc) is 3.23. The minimum absolute atomic E-state index is 0.924. The van der Waals surface area contributed by atoms with Gasteiger partial charge in [-0.05, 0) is 59.7 Å². The van der Waals surface area contributed by atoms with E-state index in [-0.39, 0.29) is 0 Å². The zero-order valence-corrected chi connectivity index (χ0v) is 17.5. The lowest BCUT2D eigenvalue weighted by atomic mass is 9.91. The van der Waals surface area contributed by atoms with E-state index in [0.717, 1.165) is 49.1 Å². The molecule has 0 saturated heterocycles. The summed E-state index contributed by atoms with van der Waals surface area (Å²) in [5, 5.41) is 15.5. The highest BCUT2D eigenvalue weighted by Gasteiger charge is 2.12. The first kappa shape index (κ1) is 19.0. The smallest absolute Gasteiger partial charge is 0.120 e. The molecule has 0 fully saturated rings. The molecule has 0 saturated carbocycles. The Morgan fingerprint density at radius 3 is 1.87 bits per heavy atom. The first-order chi connectivity index (χ1) is 15.0. The van der Waals surface area contributed by atoms with Crippen LogP contribution < -0.4 is 0 Å². The van der Waals surface area contributed by atoms with E-state index in [1.165, 1.54) is 0 Å². The van der Waals surface area contributed by atoms with Crippen molar-refractivity contribution in [2.24, 2.45) is 0 Å². The third kappa shape index (κ3) is 3.66. The molecule has 0 amide bonds. The van der Waals surface area contributed by atoms with Crippen LogP contribution in [0.25, 0.3) is 32.4 Å². The highest BCUT2D eigenvalue weighted by atomic mass is 16.3. The highest BCUT2D eigenvalue weighted by Crippen LogP contribution is 2.32. The monoisotopic (exact) mass is 399 g/mol. The largest absolute Gasteiger partial charge is 0.378 e. The second-order valence-electron chi connectivity index (χ2n) is 8.18. The van der Waals surface area contributed by atoms with Crippen LogP contribution in [0.4, 0.5) is 0 Å². The van der Waals surface area contributed by atoms with Gasteiger partial charge in [0.05, 0.1) is 0 Å². The maximum absolute atomic E-state index is 10.1. The molecule has 1 heterocycles. The molecule has 0 unspecified atom stereocenters. The lowest BCUT2D eigenvalue weighted by Crippen LogP contribution is -2.14. The first-order valence-electron chi connectivity index (χ1n) is 10.3. The van der Waals surface area contributed by atoms with Crippen molar-refractivity contribution in [1.29, 1.82) is 0 Å². The molecule has 0 aliphatic carbocycles. The van der Waals surface area contributed by atoms with Crippen LogP contribution in [0.5, 0.6) is 0 Å². The van der Waals surface area contributed by atoms with Crippen LogP contribution in [0.1, 0.15) is 30.5 Å². The molecule has 0 aliphatic rings. The van der Waals surface area contributed by atoms with Gasteiger partial charge in [-0.15, -0.1) is 0 Å². The van der Waals surface area contributed by atoms with E-state index in [4.69, 9.17) is 0 Å². The van der Waals surface area contributed by atoms with Crippen molar-refractivity contribution >= 4 is 32.4 Å². The molecule has 2 N–H and O–H groups in total. The number of nitrogens with one attached hydrogen (secondary N) is 1. The summed E-state index contributed by atoms with van der Waals surface area (Å²) in [7, 11) is 0. The van der Waals surface area contributed by atoms with E-state index < -0.39 is 5.60 Å². The zero-order chi connectivity index (χ0) is 21.4. The molecule has 1 aromatic heterocycles. The fourth-order valence-corrected chi connectivity index (χ4v) is 3.88. The third-order valence-electron chi connectivity index (χ3n) is 5.31. The van der Waals surface area contributed by atoms with Gasteiger partial charge < -0.3 is 10.1 Å². The maximum atomic E-state index is 10.1. The van der Waals surface area contributed by atoms with Gasteiger partial charge >= 0.3 is 0 Å². The molecule has 2 heteroatoms. The number of hydrogen-bond donors (Lipinski definition) is 2. The van der Waals surface area contributed by atoms with E-state index in [2.05, 4.69) is 71.1 Å². The Hall–Kier alpha value is -3.98. The highest BCUT2D eigenvalue weighted by molar-refractivity contribution is 6.09. The summed E-state index contributed by atoms with van der Waals surface area (Å²) in [6.07, 6.45) is 1.94. The number of benzene rings is 4. The Labute approximate surface area is 181 Å². The van der Waals surface area contributed by atoms with E-state index >= 15 is 0 Å². The molecule has 0 spiro atoms. The minimum Gasteiger partial charge on any atom is -0.378 e. The minimum atomic E-state index is -1.06. The van der Waals surface area contributed by atoms with Gasteiger partial charge in [0.2, 0.25) is 0 Å².